The highest BCUT2D eigenvalue weighted by Gasteiger charge is 2.17. The zero-order valence-corrected chi connectivity index (χ0v) is 13.1. The van der Waals surface area contributed by atoms with Crippen molar-refractivity contribution in [2.75, 3.05) is 0 Å². The quantitative estimate of drug-likeness (QED) is 0.535. The molecule has 0 amide bonds. The monoisotopic (exact) mass is 356 g/mol. The molecule has 4 aromatic heterocycles. The molecule has 0 saturated heterocycles. The fourth-order valence-corrected chi connectivity index (χ4v) is 2.14. The Labute approximate surface area is 144 Å². The van der Waals surface area contributed by atoms with E-state index >= 15 is 0 Å². The van der Waals surface area contributed by atoms with E-state index in [-0.39, 0.29) is 5.89 Å². The summed E-state index contributed by atoms with van der Waals surface area (Å²) >= 11 is 0. The van der Waals surface area contributed by atoms with E-state index in [1.54, 1.807) is 36.7 Å². The van der Waals surface area contributed by atoms with Crippen LogP contribution in [0.25, 0.3) is 23.1 Å². The second kappa shape index (κ2) is 6.70. The molecule has 26 heavy (non-hydrogen) atoms. The van der Waals surface area contributed by atoms with Crippen LogP contribution < -0.4 is 0 Å². The van der Waals surface area contributed by atoms with Gasteiger partial charge in [0.05, 0.1) is 6.54 Å². The van der Waals surface area contributed by atoms with Gasteiger partial charge in [-0.05, 0) is 29.0 Å². The number of alkyl halides is 2. The molecule has 11 heteroatoms. The van der Waals surface area contributed by atoms with Gasteiger partial charge in [0.1, 0.15) is 11.4 Å². The number of halogens is 2. The molecule has 0 aliphatic carbocycles. The van der Waals surface area contributed by atoms with Crippen LogP contribution in [-0.4, -0.2) is 40.4 Å². The number of hydrogen-bond donors (Lipinski definition) is 0. The molecular formula is C15H10F2N8O. The molecule has 4 heterocycles. The zero-order chi connectivity index (χ0) is 17.9. The predicted octanol–water partition coefficient (Wildman–Crippen LogP) is 2.17. The van der Waals surface area contributed by atoms with Gasteiger partial charge in [-0.15, -0.1) is 20.4 Å². The van der Waals surface area contributed by atoms with Gasteiger partial charge in [-0.3, -0.25) is 9.97 Å². The van der Waals surface area contributed by atoms with Gasteiger partial charge >= 0.3 is 6.43 Å². The maximum atomic E-state index is 12.5. The highest BCUT2D eigenvalue weighted by molar-refractivity contribution is 5.47. The SMILES string of the molecule is FC(F)c1nnc(-c2ccc(Cn3nnc(-c4ccccn4)n3)cn2)o1. The molecule has 0 saturated carbocycles. The fourth-order valence-electron chi connectivity index (χ4n) is 2.14. The summed E-state index contributed by atoms with van der Waals surface area (Å²) in [6.07, 6.45) is 0.378. The maximum Gasteiger partial charge on any atom is 0.314 e. The van der Waals surface area contributed by atoms with Crippen molar-refractivity contribution in [3.63, 3.8) is 0 Å². The van der Waals surface area contributed by atoms with E-state index < -0.39 is 12.3 Å². The normalized spacial score (nSPS) is 11.2. The van der Waals surface area contributed by atoms with E-state index in [1.165, 1.54) is 4.80 Å². The van der Waals surface area contributed by atoms with Crippen molar-refractivity contribution in [3.8, 4) is 23.1 Å². The molecule has 0 fully saturated rings. The van der Waals surface area contributed by atoms with E-state index in [9.17, 15) is 8.78 Å². The molecular weight excluding hydrogens is 346 g/mol. The van der Waals surface area contributed by atoms with Crippen molar-refractivity contribution in [1.82, 2.24) is 40.4 Å². The summed E-state index contributed by atoms with van der Waals surface area (Å²) < 4.78 is 29.8. The van der Waals surface area contributed by atoms with Gasteiger partial charge in [0, 0.05) is 12.4 Å². The van der Waals surface area contributed by atoms with Gasteiger partial charge in [0.2, 0.25) is 5.82 Å². The molecule has 0 atom stereocenters. The van der Waals surface area contributed by atoms with Crippen LogP contribution in [0.5, 0.6) is 0 Å². The topological polar surface area (TPSA) is 108 Å². The molecule has 0 unspecified atom stereocenters. The molecule has 0 N–H and O–H groups in total. The van der Waals surface area contributed by atoms with Gasteiger partial charge in [0.25, 0.3) is 11.8 Å². The van der Waals surface area contributed by atoms with Crippen molar-refractivity contribution >= 4 is 0 Å². The average molecular weight is 356 g/mol. The highest BCUT2D eigenvalue weighted by Crippen LogP contribution is 2.22. The third kappa shape index (κ3) is 3.27. The summed E-state index contributed by atoms with van der Waals surface area (Å²) in [4.78, 5) is 9.71. The van der Waals surface area contributed by atoms with Gasteiger partial charge in [-0.2, -0.15) is 13.6 Å². The summed E-state index contributed by atoms with van der Waals surface area (Å²) in [7, 11) is 0. The zero-order valence-electron chi connectivity index (χ0n) is 13.1. The van der Waals surface area contributed by atoms with Crippen molar-refractivity contribution in [1.29, 1.82) is 0 Å². The van der Waals surface area contributed by atoms with Crippen molar-refractivity contribution < 1.29 is 13.2 Å². The average Bonchev–Trinajstić information content (AvgIpc) is 3.33. The Kier molecular flexibility index (Phi) is 4.09. The van der Waals surface area contributed by atoms with Crippen LogP contribution in [0.1, 0.15) is 17.9 Å². The molecule has 0 bridgehead atoms. The highest BCUT2D eigenvalue weighted by atomic mass is 19.3. The third-order valence-corrected chi connectivity index (χ3v) is 3.34. The lowest BCUT2D eigenvalue weighted by Crippen LogP contribution is -2.04. The van der Waals surface area contributed by atoms with E-state index in [0.29, 0.717) is 23.8 Å². The largest absolute Gasteiger partial charge is 0.414 e. The standard InChI is InChI=1S/C15H10F2N8O/c16-12(17)15-22-21-14(26-15)11-5-4-9(7-19-11)8-25-23-13(20-24-25)10-3-1-2-6-18-10/h1-7,12H,8H2. The smallest absolute Gasteiger partial charge is 0.314 e. The maximum absolute atomic E-state index is 12.5. The molecule has 9 nitrogen and oxygen atoms in total. The predicted molar refractivity (Wildman–Crippen MR) is 82.6 cm³/mol. The van der Waals surface area contributed by atoms with Crippen molar-refractivity contribution in [2.24, 2.45) is 0 Å². The molecule has 4 aromatic rings. The second-order valence-electron chi connectivity index (χ2n) is 5.16. The first-order chi connectivity index (χ1) is 12.7. The fraction of sp³-hybridized carbons (Fsp3) is 0.133. The molecule has 0 spiro atoms. The van der Waals surface area contributed by atoms with Crippen LogP contribution in [0, 0.1) is 0 Å². The van der Waals surface area contributed by atoms with E-state index in [4.69, 9.17) is 4.42 Å². The number of rotatable bonds is 5. The first kappa shape index (κ1) is 15.9. The van der Waals surface area contributed by atoms with Gasteiger partial charge in [0.15, 0.2) is 0 Å². The summed E-state index contributed by atoms with van der Waals surface area (Å²) in [6, 6.07) is 8.75. The minimum Gasteiger partial charge on any atom is -0.414 e. The Morgan fingerprint density at radius 2 is 1.92 bits per heavy atom. The van der Waals surface area contributed by atoms with Crippen LogP contribution in [0.4, 0.5) is 8.78 Å². The Morgan fingerprint density at radius 3 is 2.62 bits per heavy atom. The Morgan fingerprint density at radius 1 is 1.00 bits per heavy atom. The lowest BCUT2D eigenvalue weighted by molar-refractivity contribution is 0.116. The van der Waals surface area contributed by atoms with Gasteiger partial charge in [-0.1, -0.05) is 12.1 Å². The number of hydrogen-bond acceptors (Lipinski definition) is 8. The number of pyridine rings is 2. The Hall–Kier alpha value is -3.63. The second-order valence-corrected chi connectivity index (χ2v) is 5.16. The summed E-state index contributed by atoms with van der Waals surface area (Å²) in [5.41, 5.74) is 1.71. The third-order valence-electron chi connectivity index (χ3n) is 3.34. The van der Waals surface area contributed by atoms with Crippen molar-refractivity contribution in [3.05, 3.63) is 54.2 Å². The van der Waals surface area contributed by atoms with Crippen molar-refractivity contribution in [2.45, 2.75) is 13.0 Å². The van der Waals surface area contributed by atoms with Gasteiger partial charge < -0.3 is 4.42 Å². The number of tetrazole rings is 1. The first-order valence-electron chi connectivity index (χ1n) is 7.45. The van der Waals surface area contributed by atoms with E-state index in [1.807, 2.05) is 6.07 Å². The van der Waals surface area contributed by atoms with E-state index in [0.717, 1.165) is 5.56 Å². The molecule has 0 aliphatic heterocycles. The van der Waals surface area contributed by atoms with Crippen LogP contribution in [0.3, 0.4) is 0 Å². The summed E-state index contributed by atoms with van der Waals surface area (Å²) in [6.45, 7) is 0.333. The number of aromatic nitrogens is 8. The minimum absolute atomic E-state index is 0.0665. The molecule has 4 rings (SSSR count). The molecule has 0 radical (unpaired) electrons. The Bertz CT molecular complexity index is 1000. The molecule has 130 valence electrons. The van der Waals surface area contributed by atoms with Crippen LogP contribution in [-0.2, 0) is 6.54 Å². The summed E-state index contributed by atoms with van der Waals surface area (Å²) in [5.74, 6) is -0.386. The van der Waals surface area contributed by atoms with Gasteiger partial charge in [-0.25, -0.2) is 0 Å². The summed E-state index contributed by atoms with van der Waals surface area (Å²) in [5, 5.41) is 19.0. The molecule has 0 aromatic carbocycles. The lowest BCUT2D eigenvalue weighted by Gasteiger charge is -2.00. The number of nitrogens with zero attached hydrogens (tertiary/aromatic N) is 8. The lowest BCUT2D eigenvalue weighted by atomic mass is 10.2. The van der Waals surface area contributed by atoms with Crippen LogP contribution >= 0.6 is 0 Å². The first-order valence-corrected chi connectivity index (χ1v) is 7.45. The van der Waals surface area contributed by atoms with Crippen LogP contribution in [0.2, 0.25) is 0 Å². The Balaban J connectivity index is 1.48. The minimum atomic E-state index is -2.82. The molecule has 0 aliphatic rings. The van der Waals surface area contributed by atoms with Crippen LogP contribution in [0.15, 0.2) is 47.1 Å². The van der Waals surface area contributed by atoms with E-state index in [2.05, 4.69) is 35.6 Å².